The van der Waals surface area contributed by atoms with Crippen LogP contribution in [0.1, 0.15) is 5.76 Å². The molecule has 1 amide bonds. The predicted molar refractivity (Wildman–Crippen MR) is 143 cm³/mol. The molecule has 0 aliphatic carbocycles. The first-order chi connectivity index (χ1) is 16.5. The Morgan fingerprint density at radius 3 is 2.65 bits per heavy atom. The Hall–Kier alpha value is -3.25. The second-order valence-electron chi connectivity index (χ2n) is 7.51. The van der Waals surface area contributed by atoms with Crippen molar-refractivity contribution in [1.82, 2.24) is 4.90 Å². The summed E-state index contributed by atoms with van der Waals surface area (Å²) in [6, 6.07) is 23.0. The molecule has 1 aliphatic rings. The van der Waals surface area contributed by atoms with Crippen LogP contribution in [0.3, 0.4) is 0 Å². The van der Waals surface area contributed by atoms with Crippen LogP contribution in [-0.4, -0.2) is 22.5 Å². The number of fused-ring (bicyclic) bond motifs is 1. The van der Waals surface area contributed by atoms with E-state index in [0.29, 0.717) is 43.7 Å². The maximum atomic E-state index is 13.2. The van der Waals surface area contributed by atoms with Crippen molar-refractivity contribution >= 4 is 68.6 Å². The third kappa shape index (κ3) is 4.30. The predicted octanol–water partition coefficient (Wildman–Crippen LogP) is 8.20. The van der Waals surface area contributed by atoms with Gasteiger partial charge in [-0.05, 0) is 47.5 Å². The summed E-state index contributed by atoms with van der Waals surface area (Å²) in [5.74, 6) is 0.955. The van der Waals surface area contributed by atoms with Crippen molar-refractivity contribution in [1.29, 1.82) is 0 Å². The van der Waals surface area contributed by atoms with E-state index in [4.69, 9.17) is 32.6 Å². The normalized spacial score (nSPS) is 16.2. The maximum absolute atomic E-state index is 13.2. The number of amides is 1. The molecule has 0 unspecified atom stereocenters. The van der Waals surface area contributed by atoms with Gasteiger partial charge in [-0.15, -0.1) is 6.58 Å². The molecule has 1 saturated heterocycles. The lowest BCUT2D eigenvalue weighted by molar-refractivity contribution is -0.121. The second-order valence-corrected chi connectivity index (χ2v) is 9.31. The Balaban J connectivity index is 1.50. The van der Waals surface area contributed by atoms with Crippen LogP contribution in [0.15, 0.2) is 99.8 Å². The van der Waals surface area contributed by atoms with Crippen molar-refractivity contribution in [2.24, 2.45) is 4.99 Å². The first kappa shape index (κ1) is 22.5. The Bertz CT molecular complexity index is 1480. The van der Waals surface area contributed by atoms with Crippen LogP contribution in [-0.2, 0) is 4.79 Å². The van der Waals surface area contributed by atoms with Crippen LogP contribution < -0.4 is 0 Å². The summed E-state index contributed by atoms with van der Waals surface area (Å²) >= 11 is 13.8. The monoisotopic (exact) mass is 504 g/mol. The van der Waals surface area contributed by atoms with Gasteiger partial charge in [-0.2, -0.15) is 0 Å². The van der Waals surface area contributed by atoms with Gasteiger partial charge in [0, 0.05) is 23.6 Å². The number of amidine groups is 1. The number of carbonyl (C=O) groups is 1. The van der Waals surface area contributed by atoms with Crippen LogP contribution in [0.5, 0.6) is 0 Å². The molecule has 5 rings (SSSR count). The van der Waals surface area contributed by atoms with E-state index in [1.165, 1.54) is 11.8 Å². The number of hydrogen-bond acceptors (Lipinski definition) is 4. The molecule has 0 saturated carbocycles. The number of carbonyl (C=O) groups excluding carboxylic acids is 1. The van der Waals surface area contributed by atoms with E-state index in [1.54, 1.807) is 35.3 Å². The molecule has 1 aliphatic heterocycles. The van der Waals surface area contributed by atoms with Gasteiger partial charge in [0.1, 0.15) is 11.5 Å². The SMILES string of the molecule is C=CCN1C(=O)C(=Cc2ccc(-c3cccc(Cl)c3Cl)o2)SC1=Nc1cccc2ccccc12. The lowest BCUT2D eigenvalue weighted by Gasteiger charge is -2.13. The van der Waals surface area contributed by atoms with E-state index in [9.17, 15) is 4.79 Å². The molecule has 168 valence electrons. The van der Waals surface area contributed by atoms with Gasteiger partial charge in [0.05, 0.1) is 20.6 Å². The number of thioether (sulfide) groups is 1. The molecule has 7 heteroatoms. The Morgan fingerprint density at radius 1 is 1.00 bits per heavy atom. The molecular weight excluding hydrogens is 487 g/mol. The number of hydrogen-bond donors (Lipinski definition) is 0. The number of halogens is 2. The summed E-state index contributed by atoms with van der Waals surface area (Å²) in [4.78, 5) is 20.1. The van der Waals surface area contributed by atoms with Gasteiger partial charge >= 0.3 is 0 Å². The minimum atomic E-state index is -0.150. The van der Waals surface area contributed by atoms with Gasteiger partial charge in [0.2, 0.25) is 0 Å². The minimum absolute atomic E-state index is 0.150. The van der Waals surface area contributed by atoms with Gasteiger partial charge in [-0.25, -0.2) is 4.99 Å². The van der Waals surface area contributed by atoms with Crippen molar-refractivity contribution in [2.75, 3.05) is 6.54 Å². The average molecular weight is 505 g/mol. The fourth-order valence-electron chi connectivity index (χ4n) is 3.69. The third-order valence-electron chi connectivity index (χ3n) is 5.30. The smallest absolute Gasteiger partial charge is 0.267 e. The number of furan rings is 1. The molecule has 34 heavy (non-hydrogen) atoms. The molecule has 1 aromatic heterocycles. The van der Waals surface area contributed by atoms with Crippen molar-refractivity contribution < 1.29 is 9.21 Å². The molecule has 2 heterocycles. The van der Waals surface area contributed by atoms with Crippen molar-refractivity contribution in [3.05, 3.63) is 106 Å². The van der Waals surface area contributed by atoms with E-state index in [1.807, 2.05) is 54.6 Å². The van der Waals surface area contributed by atoms with Crippen LogP contribution >= 0.6 is 35.0 Å². The summed E-state index contributed by atoms with van der Waals surface area (Å²) in [6.07, 6.45) is 3.41. The lowest BCUT2D eigenvalue weighted by atomic mass is 10.1. The van der Waals surface area contributed by atoms with Gasteiger partial charge < -0.3 is 4.42 Å². The largest absolute Gasteiger partial charge is 0.457 e. The summed E-state index contributed by atoms with van der Waals surface area (Å²) in [5, 5.41) is 3.58. The molecule has 0 spiro atoms. The first-order valence-electron chi connectivity index (χ1n) is 10.5. The average Bonchev–Trinajstić information content (AvgIpc) is 3.42. The molecule has 1 fully saturated rings. The van der Waals surface area contributed by atoms with Crippen LogP contribution in [0.25, 0.3) is 28.2 Å². The van der Waals surface area contributed by atoms with E-state index in [0.717, 1.165) is 16.5 Å². The van der Waals surface area contributed by atoms with E-state index >= 15 is 0 Å². The lowest BCUT2D eigenvalue weighted by Crippen LogP contribution is -2.29. The quantitative estimate of drug-likeness (QED) is 0.203. The zero-order chi connectivity index (χ0) is 23.7. The molecule has 0 N–H and O–H groups in total. The van der Waals surface area contributed by atoms with E-state index in [2.05, 4.69) is 6.58 Å². The summed E-state index contributed by atoms with van der Waals surface area (Å²) in [5.41, 5.74) is 1.50. The van der Waals surface area contributed by atoms with Crippen LogP contribution in [0, 0.1) is 0 Å². The first-order valence-corrected chi connectivity index (χ1v) is 12.1. The van der Waals surface area contributed by atoms with Crippen LogP contribution in [0.4, 0.5) is 5.69 Å². The number of nitrogens with zero attached hydrogens (tertiary/aromatic N) is 2. The van der Waals surface area contributed by atoms with Gasteiger partial charge in [0.15, 0.2) is 5.17 Å². The Morgan fingerprint density at radius 2 is 1.79 bits per heavy atom. The zero-order valence-electron chi connectivity index (χ0n) is 17.9. The molecule has 4 nitrogen and oxygen atoms in total. The number of aliphatic imine (C=N–C) groups is 1. The highest BCUT2D eigenvalue weighted by atomic mass is 35.5. The molecule has 0 radical (unpaired) electrons. The maximum Gasteiger partial charge on any atom is 0.267 e. The van der Waals surface area contributed by atoms with Gasteiger partial charge in [0.25, 0.3) is 5.91 Å². The van der Waals surface area contributed by atoms with Crippen molar-refractivity contribution in [3.63, 3.8) is 0 Å². The zero-order valence-corrected chi connectivity index (χ0v) is 20.2. The summed E-state index contributed by atoms with van der Waals surface area (Å²) in [7, 11) is 0. The second kappa shape index (κ2) is 9.55. The van der Waals surface area contributed by atoms with E-state index < -0.39 is 0 Å². The highest BCUT2D eigenvalue weighted by Gasteiger charge is 2.33. The van der Waals surface area contributed by atoms with E-state index in [-0.39, 0.29) is 5.91 Å². The van der Waals surface area contributed by atoms with Gasteiger partial charge in [-0.1, -0.05) is 71.7 Å². The third-order valence-corrected chi connectivity index (χ3v) is 7.13. The molecule has 0 atom stereocenters. The topological polar surface area (TPSA) is 45.8 Å². The number of benzene rings is 3. The van der Waals surface area contributed by atoms with Crippen LogP contribution in [0.2, 0.25) is 10.0 Å². The van der Waals surface area contributed by atoms with Gasteiger partial charge in [-0.3, -0.25) is 9.69 Å². The molecule has 3 aromatic carbocycles. The summed E-state index contributed by atoms with van der Waals surface area (Å²) < 4.78 is 5.96. The number of rotatable bonds is 5. The molecular formula is C27H18Cl2N2O2S. The highest BCUT2D eigenvalue weighted by molar-refractivity contribution is 8.18. The molecule has 4 aromatic rings. The highest BCUT2D eigenvalue weighted by Crippen LogP contribution is 2.38. The fourth-order valence-corrected chi connectivity index (χ4v) is 5.06. The standard InChI is InChI=1S/C27H18Cl2N2O2S/c1-2-15-31-26(32)24(16-18-13-14-23(33-18)20-10-6-11-21(28)25(20)29)34-27(31)30-22-12-5-8-17-7-3-4-9-19(17)22/h2-14,16H,1,15H2. The fraction of sp³-hybridized carbons (Fsp3) is 0.0370. The van der Waals surface area contributed by atoms with Crippen molar-refractivity contribution in [2.45, 2.75) is 0 Å². The minimum Gasteiger partial charge on any atom is -0.457 e. The van der Waals surface area contributed by atoms with Crippen molar-refractivity contribution in [3.8, 4) is 11.3 Å². The molecule has 0 bridgehead atoms. The Kier molecular flexibility index (Phi) is 6.33. The Labute approximate surface area is 211 Å². The summed E-state index contributed by atoms with van der Waals surface area (Å²) in [6.45, 7) is 4.15.